The Hall–Kier alpha value is -1.55. The summed E-state index contributed by atoms with van der Waals surface area (Å²) in [4.78, 5) is 26.3. The predicted octanol–water partition coefficient (Wildman–Crippen LogP) is 4.27. The van der Waals surface area contributed by atoms with Crippen LogP contribution in [0.2, 0.25) is 0 Å². The van der Waals surface area contributed by atoms with E-state index in [0.29, 0.717) is 18.0 Å². The van der Waals surface area contributed by atoms with Crippen LogP contribution in [0.15, 0.2) is 47.4 Å². The largest absolute Gasteiger partial charge is 0.461 e. The van der Waals surface area contributed by atoms with E-state index >= 15 is 0 Å². The van der Waals surface area contributed by atoms with Crippen molar-refractivity contribution in [2.75, 3.05) is 5.75 Å². The lowest BCUT2D eigenvalue weighted by Crippen LogP contribution is -2.33. The molecular weight excluding hydrogens is 332 g/mol. The van der Waals surface area contributed by atoms with Gasteiger partial charge in [-0.3, -0.25) is 9.59 Å². The van der Waals surface area contributed by atoms with Crippen molar-refractivity contribution in [1.82, 2.24) is 0 Å². The number of ketones is 1. The number of hydrogen-bond acceptors (Lipinski definition) is 4. The molecule has 3 fully saturated rings. The number of thioether (sulfide) groups is 1. The normalized spacial score (nSPS) is 37.4. The summed E-state index contributed by atoms with van der Waals surface area (Å²) >= 11 is 1.70. The van der Waals surface area contributed by atoms with E-state index in [0.717, 1.165) is 29.7 Å². The molecule has 3 aliphatic rings. The average molecular weight is 356 g/mol. The first-order valence-electron chi connectivity index (χ1n) is 9.08. The van der Waals surface area contributed by atoms with E-state index in [1.54, 1.807) is 11.8 Å². The fourth-order valence-corrected chi connectivity index (χ4v) is 6.10. The third-order valence-corrected chi connectivity index (χ3v) is 7.55. The highest BCUT2D eigenvalue weighted by atomic mass is 32.2. The number of carbonyl (C=O) groups excluding carboxylic acids is 2. The SMILES string of the molecule is C=C1C[C@@H]2OC(=O)[C@H](CSc3ccccc3)[C@H]2C[C@@]2(C)C(=O)CC[C@H]12. The molecule has 0 spiro atoms. The van der Waals surface area contributed by atoms with Crippen LogP contribution >= 0.6 is 11.8 Å². The van der Waals surface area contributed by atoms with Gasteiger partial charge in [0, 0.05) is 34.8 Å². The molecule has 3 nitrogen and oxygen atoms in total. The number of benzene rings is 1. The van der Waals surface area contributed by atoms with Crippen molar-refractivity contribution < 1.29 is 14.3 Å². The Kier molecular flexibility index (Phi) is 4.27. The monoisotopic (exact) mass is 356 g/mol. The van der Waals surface area contributed by atoms with Crippen molar-refractivity contribution in [3.63, 3.8) is 0 Å². The van der Waals surface area contributed by atoms with Gasteiger partial charge in [0.25, 0.3) is 0 Å². The van der Waals surface area contributed by atoms with Gasteiger partial charge < -0.3 is 4.74 Å². The molecule has 5 atom stereocenters. The quantitative estimate of drug-likeness (QED) is 0.461. The van der Waals surface area contributed by atoms with Gasteiger partial charge in [-0.1, -0.05) is 37.3 Å². The van der Waals surface area contributed by atoms with Crippen molar-refractivity contribution in [3.8, 4) is 0 Å². The zero-order chi connectivity index (χ0) is 17.6. The maximum atomic E-state index is 12.6. The number of carbonyl (C=O) groups is 2. The van der Waals surface area contributed by atoms with Crippen LogP contribution < -0.4 is 0 Å². The van der Waals surface area contributed by atoms with Gasteiger partial charge in [-0.2, -0.15) is 0 Å². The molecule has 1 heterocycles. The highest BCUT2D eigenvalue weighted by Crippen LogP contribution is 2.55. The van der Waals surface area contributed by atoms with Gasteiger partial charge in [-0.25, -0.2) is 0 Å². The van der Waals surface area contributed by atoms with Gasteiger partial charge in [0.15, 0.2) is 0 Å². The lowest BCUT2D eigenvalue weighted by atomic mass is 9.70. The third-order valence-electron chi connectivity index (χ3n) is 6.42. The minimum absolute atomic E-state index is 0.0984. The zero-order valence-electron chi connectivity index (χ0n) is 14.6. The third kappa shape index (κ3) is 2.84. The maximum absolute atomic E-state index is 12.6. The summed E-state index contributed by atoms with van der Waals surface area (Å²) < 4.78 is 5.74. The van der Waals surface area contributed by atoms with Gasteiger partial charge in [0.05, 0.1) is 5.92 Å². The van der Waals surface area contributed by atoms with E-state index in [1.165, 1.54) is 0 Å². The Morgan fingerprint density at radius 2 is 2.04 bits per heavy atom. The first-order chi connectivity index (χ1) is 12.0. The van der Waals surface area contributed by atoms with E-state index < -0.39 is 0 Å². The molecule has 4 rings (SSSR count). The van der Waals surface area contributed by atoms with Crippen molar-refractivity contribution in [2.24, 2.45) is 23.2 Å². The van der Waals surface area contributed by atoms with Gasteiger partial charge in [-0.15, -0.1) is 11.8 Å². The van der Waals surface area contributed by atoms with Crippen molar-refractivity contribution in [2.45, 2.75) is 43.6 Å². The van der Waals surface area contributed by atoms with Crippen molar-refractivity contribution in [1.29, 1.82) is 0 Å². The molecular formula is C21H24O3S. The molecule has 25 heavy (non-hydrogen) atoms. The zero-order valence-corrected chi connectivity index (χ0v) is 15.4. The molecule has 2 saturated carbocycles. The molecule has 132 valence electrons. The first-order valence-corrected chi connectivity index (χ1v) is 10.1. The second kappa shape index (κ2) is 6.31. The van der Waals surface area contributed by atoms with E-state index in [2.05, 4.69) is 25.6 Å². The van der Waals surface area contributed by atoms with Crippen LogP contribution in [0.25, 0.3) is 0 Å². The van der Waals surface area contributed by atoms with Gasteiger partial charge in [-0.05, 0) is 30.9 Å². The molecule has 0 amide bonds. The minimum atomic E-state index is -0.361. The lowest BCUT2D eigenvalue weighted by molar-refractivity contribution is -0.143. The summed E-state index contributed by atoms with van der Waals surface area (Å²) in [7, 11) is 0. The lowest BCUT2D eigenvalue weighted by Gasteiger charge is -2.31. The topological polar surface area (TPSA) is 43.4 Å². The molecule has 0 unspecified atom stereocenters. The van der Waals surface area contributed by atoms with E-state index in [9.17, 15) is 9.59 Å². The van der Waals surface area contributed by atoms with Crippen LogP contribution in [0.1, 0.15) is 32.6 Å². The molecule has 0 bridgehead atoms. The Labute approximate surface area is 153 Å². The smallest absolute Gasteiger partial charge is 0.310 e. The Morgan fingerprint density at radius 1 is 1.28 bits per heavy atom. The first kappa shape index (κ1) is 16.9. The minimum Gasteiger partial charge on any atom is -0.461 e. The van der Waals surface area contributed by atoms with E-state index in [1.807, 2.05) is 18.2 Å². The van der Waals surface area contributed by atoms with Crippen LogP contribution in [-0.2, 0) is 14.3 Å². The molecule has 1 saturated heterocycles. The van der Waals surface area contributed by atoms with E-state index in [-0.39, 0.29) is 35.2 Å². The summed E-state index contributed by atoms with van der Waals surface area (Å²) in [6.45, 7) is 6.34. The number of fused-ring (bicyclic) bond motifs is 2. The van der Waals surface area contributed by atoms with Crippen LogP contribution in [0, 0.1) is 23.2 Å². The Bertz CT molecular complexity index is 713. The molecule has 0 N–H and O–H groups in total. The predicted molar refractivity (Wildman–Crippen MR) is 98.2 cm³/mol. The second-order valence-corrected chi connectivity index (χ2v) is 8.96. The van der Waals surface area contributed by atoms with Crippen molar-refractivity contribution >= 4 is 23.5 Å². The number of hydrogen-bond donors (Lipinski definition) is 0. The summed E-state index contributed by atoms with van der Waals surface area (Å²) in [5, 5.41) is 0. The Morgan fingerprint density at radius 3 is 2.80 bits per heavy atom. The molecule has 1 aliphatic heterocycles. The molecule has 2 aliphatic carbocycles. The number of Topliss-reactive ketones (excluding diaryl/α,β-unsaturated/α-hetero) is 1. The highest BCUT2D eigenvalue weighted by molar-refractivity contribution is 7.99. The fraction of sp³-hybridized carbons (Fsp3) is 0.524. The number of esters is 1. The molecule has 4 heteroatoms. The summed E-state index contributed by atoms with van der Waals surface area (Å²) in [6, 6.07) is 10.1. The van der Waals surface area contributed by atoms with Crippen LogP contribution in [0.3, 0.4) is 0 Å². The van der Waals surface area contributed by atoms with Gasteiger partial charge >= 0.3 is 5.97 Å². The van der Waals surface area contributed by atoms with Crippen LogP contribution in [0.4, 0.5) is 0 Å². The van der Waals surface area contributed by atoms with Crippen molar-refractivity contribution in [3.05, 3.63) is 42.5 Å². The Balaban J connectivity index is 1.56. The molecule has 1 aromatic carbocycles. The van der Waals surface area contributed by atoms with Gasteiger partial charge in [0.1, 0.15) is 11.9 Å². The average Bonchev–Trinajstić information content (AvgIpc) is 3.00. The molecule has 0 aromatic heterocycles. The molecule has 1 aromatic rings. The number of rotatable bonds is 3. The van der Waals surface area contributed by atoms with Gasteiger partial charge in [0.2, 0.25) is 0 Å². The van der Waals surface area contributed by atoms with E-state index in [4.69, 9.17) is 4.74 Å². The van der Waals surface area contributed by atoms with Crippen LogP contribution in [0.5, 0.6) is 0 Å². The standard InChI is InChI=1S/C21H24O3S/c1-13-10-18-15(11-21(2)17(13)8-9-19(21)22)16(20(23)24-18)12-25-14-6-4-3-5-7-14/h3-7,15-18H,1,8-12H2,2H3/t15-,16-,17-,18+,21-/m1/s1. The second-order valence-electron chi connectivity index (χ2n) is 7.87. The molecule has 0 radical (unpaired) electrons. The summed E-state index contributed by atoms with van der Waals surface area (Å²) in [6.07, 6.45) is 2.93. The maximum Gasteiger partial charge on any atom is 0.310 e. The summed E-state index contributed by atoms with van der Waals surface area (Å²) in [5.41, 5.74) is 0.741. The highest BCUT2D eigenvalue weighted by Gasteiger charge is 2.56. The number of ether oxygens (including phenoxy) is 1. The fourth-order valence-electron chi connectivity index (χ4n) is 4.99. The summed E-state index contributed by atoms with van der Waals surface area (Å²) in [5.74, 6) is 1.20. The van der Waals surface area contributed by atoms with Crippen LogP contribution in [-0.4, -0.2) is 23.6 Å².